The molecule has 0 aliphatic heterocycles. The lowest BCUT2D eigenvalue weighted by Crippen LogP contribution is -2.17. The first-order chi connectivity index (χ1) is 9.99. The van der Waals surface area contributed by atoms with E-state index in [2.05, 4.69) is 33.2 Å². The van der Waals surface area contributed by atoms with Crippen LogP contribution in [0.1, 0.15) is 44.6 Å². The molecule has 1 fully saturated rings. The summed E-state index contributed by atoms with van der Waals surface area (Å²) in [4.78, 5) is 14.6. The van der Waals surface area contributed by atoms with Gasteiger partial charge in [0.2, 0.25) is 0 Å². The van der Waals surface area contributed by atoms with Crippen LogP contribution in [0.15, 0.2) is 10.7 Å². The van der Waals surface area contributed by atoms with Crippen LogP contribution >= 0.6 is 15.9 Å². The van der Waals surface area contributed by atoms with Crippen LogP contribution in [-0.2, 0) is 0 Å². The van der Waals surface area contributed by atoms with Crippen molar-refractivity contribution in [1.29, 1.82) is 0 Å². The minimum absolute atomic E-state index is 0.0496. The van der Waals surface area contributed by atoms with E-state index in [0.717, 1.165) is 24.8 Å². The number of anilines is 1. The van der Waals surface area contributed by atoms with E-state index in [1.54, 1.807) is 6.92 Å². The van der Waals surface area contributed by atoms with Crippen molar-refractivity contribution in [3.63, 3.8) is 0 Å². The first-order valence-electron chi connectivity index (χ1n) is 7.52. The summed E-state index contributed by atoms with van der Waals surface area (Å²) in [5, 5.41) is 14.2. The Morgan fingerprint density at radius 2 is 2.29 bits per heavy atom. The molecular formula is C15H22BrN3O2. The number of aromatic nitrogens is 1. The SMILES string of the molecule is Cc1c([N+](=O)[O-])cnc(NCCC2CCCC(C)C2)c1Br. The monoisotopic (exact) mass is 355 g/mol. The van der Waals surface area contributed by atoms with E-state index in [-0.39, 0.29) is 5.69 Å². The standard InChI is InChI=1S/C15H22BrN3O2/c1-10-4-3-5-12(8-10)6-7-17-15-14(16)11(2)13(9-18-15)19(20)21/h9-10,12H,3-8H2,1-2H3,(H,17,18). The molecule has 1 aromatic rings. The number of pyridine rings is 1. The van der Waals surface area contributed by atoms with Crippen molar-refractivity contribution in [3.05, 3.63) is 26.3 Å². The third-order valence-electron chi connectivity index (χ3n) is 4.32. The Hall–Kier alpha value is -1.17. The molecule has 0 radical (unpaired) electrons. The number of rotatable bonds is 5. The molecule has 1 N–H and O–H groups in total. The van der Waals surface area contributed by atoms with Crippen molar-refractivity contribution in [3.8, 4) is 0 Å². The molecule has 1 saturated carbocycles. The summed E-state index contributed by atoms with van der Waals surface area (Å²) >= 11 is 3.41. The quantitative estimate of drug-likeness (QED) is 0.614. The number of hydrogen-bond donors (Lipinski definition) is 1. The van der Waals surface area contributed by atoms with Crippen LogP contribution in [0.3, 0.4) is 0 Å². The van der Waals surface area contributed by atoms with E-state index < -0.39 is 4.92 Å². The molecule has 6 heteroatoms. The Morgan fingerprint density at radius 3 is 2.95 bits per heavy atom. The molecule has 0 aromatic carbocycles. The zero-order chi connectivity index (χ0) is 15.4. The lowest BCUT2D eigenvalue weighted by Gasteiger charge is -2.26. The highest BCUT2D eigenvalue weighted by molar-refractivity contribution is 9.10. The predicted molar refractivity (Wildman–Crippen MR) is 87.6 cm³/mol. The van der Waals surface area contributed by atoms with Crippen molar-refractivity contribution in [2.45, 2.75) is 46.0 Å². The van der Waals surface area contributed by atoms with Gasteiger partial charge in [0.25, 0.3) is 5.69 Å². The second kappa shape index (κ2) is 7.20. The Balaban J connectivity index is 1.91. The van der Waals surface area contributed by atoms with Gasteiger partial charge in [0.1, 0.15) is 12.0 Å². The van der Waals surface area contributed by atoms with Gasteiger partial charge in [0.05, 0.1) is 9.40 Å². The topological polar surface area (TPSA) is 68.1 Å². The van der Waals surface area contributed by atoms with Gasteiger partial charge in [-0.25, -0.2) is 4.98 Å². The fourth-order valence-electron chi connectivity index (χ4n) is 3.09. The highest BCUT2D eigenvalue weighted by Gasteiger charge is 2.19. The van der Waals surface area contributed by atoms with Crippen molar-refractivity contribution in [2.24, 2.45) is 11.8 Å². The van der Waals surface area contributed by atoms with Gasteiger partial charge in [-0.2, -0.15) is 0 Å². The lowest BCUT2D eigenvalue weighted by atomic mass is 9.81. The highest BCUT2D eigenvalue weighted by atomic mass is 79.9. The second-order valence-corrected chi connectivity index (χ2v) is 6.83. The number of nitrogens with zero attached hydrogens (tertiary/aromatic N) is 2. The average Bonchev–Trinajstić information content (AvgIpc) is 2.43. The molecule has 2 atom stereocenters. The first kappa shape index (κ1) is 16.2. The van der Waals surface area contributed by atoms with E-state index in [0.29, 0.717) is 15.9 Å². The minimum Gasteiger partial charge on any atom is -0.369 e. The second-order valence-electron chi connectivity index (χ2n) is 6.04. The Bertz CT molecular complexity index is 522. The summed E-state index contributed by atoms with van der Waals surface area (Å²) in [5.41, 5.74) is 0.664. The molecule has 1 aromatic heterocycles. The summed E-state index contributed by atoms with van der Waals surface area (Å²) in [6.45, 7) is 4.93. The van der Waals surface area contributed by atoms with Gasteiger partial charge in [-0.15, -0.1) is 0 Å². The van der Waals surface area contributed by atoms with Crippen LogP contribution in [0.5, 0.6) is 0 Å². The zero-order valence-corrected chi connectivity index (χ0v) is 14.1. The van der Waals surface area contributed by atoms with E-state index in [4.69, 9.17) is 0 Å². The molecule has 5 nitrogen and oxygen atoms in total. The molecule has 21 heavy (non-hydrogen) atoms. The van der Waals surface area contributed by atoms with E-state index >= 15 is 0 Å². The summed E-state index contributed by atoms with van der Waals surface area (Å²) in [5.74, 6) is 2.33. The fourth-order valence-corrected chi connectivity index (χ4v) is 3.54. The lowest BCUT2D eigenvalue weighted by molar-refractivity contribution is -0.385. The van der Waals surface area contributed by atoms with Crippen molar-refractivity contribution < 1.29 is 4.92 Å². The molecule has 116 valence electrons. The highest BCUT2D eigenvalue weighted by Crippen LogP contribution is 2.32. The van der Waals surface area contributed by atoms with Crippen LogP contribution < -0.4 is 5.32 Å². The van der Waals surface area contributed by atoms with Crippen molar-refractivity contribution in [2.75, 3.05) is 11.9 Å². The molecule has 1 aliphatic rings. The van der Waals surface area contributed by atoms with Gasteiger partial charge < -0.3 is 5.32 Å². The smallest absolute Gasteiger partial charge is 0.291 e. The molecule has 2 unspecified atom stereocenters. The van der Waals surface area contributed by atoms with E-state index in [9.17, 15) is 10.1 Å². The fraction of sp³-hybridized carbons (Fsp3) is 0.667. The summed E-state index contributed by atoms with van der Waals surface area (Å²) < 4.78 is 0.689. The van der Waals surface area contributed by atoms with Crippen LogP contribution in [-0.4, -0.2) is 16.5 Å². The number of halogens is 1. The molecular weight excluding hydrogens is 334 g/mol. The van der Waals surface area contributed by atoms with Crippen LogP contribution in [0.2, 0.25) is 0 Å². The first-order valence-corrected chi connectivity index (χ1v) is 8.31. The van der Waals surface area contributed by atoms with Crippen LogP contribution in [0.4, 0.5) is 11.5 Å². The molecule has 1 heterocycles. The van der Waals surface area contributed by atoms with E-state index in [1.165, 1.54) is 31.9 Å². The average molecular weight is 356 g/mol. The van der Waals surface area contributed by atoms with E-state index in [1.807, 2.05) is 0 Å². The number of nitrogens with one attached hydrogen (secondary N) is 1. The molecule has 0 spiro atoms. The molecule has 2 rings (SSSR count). The van der Waals surface area contributed by atoms with Gasteiger partial charge in [-0.3, -0.25) is 10.1 Å². The predicted octanol–water partition coefficient (Wildman–Crippen LogP) is 4.69. The number of nitro groups is 1. The van der Waals surface area contributed by atoms with Gasteiger partial charge in [-0.05, 0) is 47.5 Å². The molecule has 0 bridgehead atoms. The molecule has 0 saturated heterocycles. The van der Waals surface area contributed by atoms with Crippen LogP contribution in [0.25, 0.3) is 0 Å². The number of hydrogen-bond acceptors (Lipinski definition) is 4. The largest absolute Gasteiger partial charge is 0.369 e. The summed E-state index contributed by atoms with van der Waals surface area (Å²) in [6, 6.07) is 0. The minimum atomic E-state index is -0.402. The van der Waals surface area contributed by atoms with Crippen LogP contribution in [0, 0.1) is 28.9 Å². The zero-order valence-electron chi connectivity index (χ0n) is 12.6. The third-order valence-corrected chi connectivity index (χ3v) is 5.29. The maximum Gasteiger partial charge on any atom is 0.291 e. The normalized spacial score (nSPS) is 22.0. The van der Waals surface area contributed by atoms with Crippen molar-refractivity contribution in [1.82, 2.24) is 4.98 Å². The van der Waals surface area contributed by atoms with Crippen molar-refractivity contribution >= 4 is 27.4 Å². The van der Waals surface area contributed by atoms with Gasteiger partial charge in [-0.1, -0.05) is 26.2 Å². The Labute approximate surface area is 133 Å². The maximum absolute atomic E-state index is 10.9. The molecule has 0 amide bonds. The molecule has 1 aliphatic carbocycles. The Kier molecular flexibility index (Phi) is 5.56. The maximum atomic E-state index is 10.9. The van der Waals surface area contributed by atoms with Gasteiger partial charge in [0.15, 0.2) is 0 Å². The third kappa shape index (κ3) is 4.15. The Morgan fingerprint density at radius 1 is 1.52 bits per heavy atom. The van der Waals surface area contributed by atoms with Gasteiger partial charge >= 0.3 is 0 Å². The summed E-state index contributed by atoms with van der Waals surface area (Å²) in [7, 11) is 0. The summed E-state index contributed by atoms with van der Waals surface area (Å²) in [6.07, 6.45) is 7.79. The van der Waals surface area contributed by atoms with Gasteiger partial charge in [0, 0.05) is 12.1 Å².